The number of methoxy groups -OCH3 is 1. The van der Waals surface area contributed by atoms with E-state index in [-0.39, 0.29) is 11.8 Å². The maximum absolute atomic E-state index is 13.0. The summed E-state index contributed by atoms with van der Waals surface area (Å²) >= 11 is 0. The summed E-state index contributed by atoms with van der Waals surface area (Å²) in [7, 11) is 1.59. The fourth-order valence-electron chi connectivity index (χ4n) is 4.05. The number of carbonyl (C=O) groups is 2. The molecule has 0 spiro atoms. The van der Waals surface area contributed by atoms with E-state index >= 15 is 0 Å². The molecule has 1 atom stereocenters. The zero-order chi connectivity index (χ0) is 21.7. The number of esters is 1. The number of ketones is 1. The van der Waals surface area contributed by atoms with E-state index in [2.05, 4.69) is 5.32 Å². The van der Waals surface area contributed by atoms with Crippen LogP contribution in [0.4, 0.5) is 0 Å². The van der Waals surface area contributed by atoms with Crippen molar-refractivity contribution in [2.24, 2.45) is 0 Å². The molecule has 0 saturated heterocycles. The van der Waals surface area contributed by atoms with Gasteiger partial charge < -0.3 is 19.5 Å². The van der Waals surface area contributed by atoms with Crippen molar-refractivity contribution in [1.29, 1.82) is 0 Å². The van der Waals surface area contributed by atoms with Gasteiger partial charge in [-0.15, -0.1) is 0 Å². The molecule has 30 heavy (non-hydrogen) atoms. The highest BCUT2D eigenvalue weighted by atomic mass is 16.5. The molecule has 162 valence electrons. The minimum absolute atomic E-state index is 0.0762. The maximum Gasteiger partial charge on any atom is 0.336 e. The highest BCUT2D eigenvalue weighted by Gasteiger charge is 2.39. The van der Waals surface area contributed by atoms with Crippen molar-refractivity contribution in [1.82, 2.24) is 5.32 Å². The Morgan fingerprint density at radius 3 is 2.60 bits per heavy atom. The van der Waals surface area contributed by atoms with Crippen LogP contribution in [0.1, 0.15) is 64.4 Å². The quantitative estimate of drug-likeness (QED) is 0.637. The minimum Gasteiger partial charge on any atom is -0.493 e. The molecule has 0 bridgehead atoms. The van der Waals surface area contributed by atoms with Crippen molar-refractivity contribution in [2.45, 2.75) is 58.8 Å². The number of benzene rings is 1. The molecule has 1 aliphatic carbocycles. The van der Waals surface area contributed by atoms with Crippen LogP contribution < -0.4 is 14.8 Å². The third-order valence-electron chi connectivity index (χ3n) is 5.42. The summed E-state index contributed by atoms with van der Waals surface area (Å²) in [6.07, 6.45) is 3.72. The van der Waals surface area contributed by atoms with Gasteiger partial charge in [0.05, 0.1) is 25.9 Å². The molecule has 1 N–H and O–H groups in total. The van der Waals surface area contributed by atoms with E-state index in [0.717, 1.165) is 42.6 Å². The predicted octanol–water partition coefficient (Wildman–Crippen LogP) is 4.41. The highest BCUT2D eigenvalue weighted by Crippen LogP contribution is 2.44. The molecule has 1 aromatic carbocycles. The van der Waals surface area contributed by atoms with E-state index in [1.54, 1.807) is 7.11 Å². The summed E-state index contributed by atoms with van der Waals surface area (Å²) < 4.78 is 16.8. The molecule has 6 heteroatoms. The van der Waals surface area contributed by atoms with Crippen molar-refractivity contribution in [3.05, 3.63) is 46.3 Å². The van der Waals surface area contributed by atoms with Crippen LogP contribution in [0.2, 0.25) is 0 Å². The number of nitrogens with one attached hydrogen (secondary N) is 1. The summed E-state index contributed by atoms with van der Waals surface area (Å²) in [4.78, 5) is 25.9. The van der Waals surface area contributed by atoms with Gasteiger partial charge in [0.15, 0.2) is 17.3 Å². The van der Waals surface area contributed by atoms with Gasteiger partial charge in [-0.2, -0.15) is 0 Å². The van der Waals surface area contributed by atoms with Crippen LogP contribution in [0.25, 0.3) is 0 Å². The van der Waals surface area contributed by atoms with Crippen LogP contribution in [-0.4, -0.2) is 32.1 Å². The summed E-state index contributed by atoms with van der Waals surface area (Å²) in [6, 6.07) is 5.63. The van der Waals surface area contributed by atoms with E-state index in [1.807, 2.05) is 39.0 Å². The van der Waals surface area contributed by atoms with Crippen LogP contribution >= 0.6 is 0 Å². The number of ether oxygens (including phenoxy) is 3. The molecule has 2 aliphatic rings. The average molecular weight is 414 g/mol. The summed E-state index contributed by atoms with van der Waals surface area (Å²) in [5.41, 5.74) is 3.62. The molecule has 0 fully saturated rings. The lowest BCUT2D eigenvalue weighted by Crippen LogP contribution is -2.34. The lowest BCUT2D eigenvalue weighted by molar-refractivity contribution is -0.139. The van der Waals surface area contributed by atoms with E-state index < -0.39 is 5.92 Å². The van der Waals surface area contributed by atoms with Crippen LogP contribution in [0.5, 0.6) is 11.5 Å². The Hall–Kier alpha value is -2.76. The van der Waals surface area contributed by atoms with Gasteiger partial charge in [-0.25, -0.2) is 4.79 Å². The Morgan fingerprint density at radius 2 is 1.90 bits per heavy atom. The number of rotatable bonds is 8. The Balaban J connectivity index is 2.09. The van der Waals surface area contributed by atoms with Gasteiger partial charge in [-0.1, -0.05) is 19.9 Å². The van der Waals surface area contributed by atoms with E-state index in [4.69, 9.17) is 14.2 Å². The van der Waals surface area contributed by atoms with Gasteiger partial charge in [0.1, 0.15) is 0 Å². The molecule has 1 heterocycles. The van der Waals surface area contributed by atoms with Gasteiger partial charge in [0.25, 0.3) is 0 Å². The summed E-state index contributed by atoms with van der Waals surface area (Å²) in [5.74, 6) is 0.447. The number of hydrogen-bond donors (Lipinski definition) is 1. The first-order valence-electron chi connectivity index (χ1n) is 10.7. The Morgan fingerprint density at radius 1 is 1.13 bits per heavy atom. The second kappa shape index (κ2) is 9.83. The minimum atomic E-state index is -0.479. The number of dihydropyridines is 1. The Kier molecular flexibility index (Phi) is 7.19. The summed E-state index contributed by atoms with van der Waals surface area (Å²) in [5, 5.41) is 3.31. The van der Waals surface area contributed by atoms with Crippen molar-refractivity contribution in [3.8, 4) is 11.5 Å². The smallest absolute Gasteiger partial charge is 0.336 e. The average Bonchev–Trinajstić information content (AvgIpc) is 2.75. The zero-order valence-corrected chi connectivity index (χ0v) is 18.3. The van der Waals surface area contributed by atoms with E-state index in [9.17, 15) is 9.59 Å². The van der Waals surface area contributed by atoms with Crippen LogP contribution in [-0.2, 0) is 14.3 Å². The fraction of sp³-hybridized carbons (Fsp3) is 0.500. The Bertz CT molecular complexity index is 884. The number of allylic oxidation sites excluding steroid dienone is 3. The molecule has 3 rings (SSSR count). The molecular weight excluding hydrogens is 382 g/mol. The first kappa shape index (κ1) is 21.9. The fourth-order valence-corrected chi connectivity index (χ4v) is 4.05. The van der Waals surface area contributed by atoms with Gasteiger partial charge in [0, 0.05) is 29.3 Å². The molecule has 0 saturated carbocycles. The van der Waals surface area contributed by atoms with Crippen LogP contribution in [0, 0.1) is 0 Å². The van der Waals surface area contributed by atoms with Gasteiger partial charge >= 0.3 is 5.97 Å². The van der Waals surface area contributed by atoms with Crippen molar-refractivity contribution in [3.63, 3.8) is 0 Å². The standard InChI is InChI=1S/C24H31NO5/c1-5-12-29-19-11-10-16(14-20(19)28-4)22-21(24(27)30-13-6-2)15(3)25-17-8-7-9-18(26)23(17)22/h10-11,14,22,25H,5-9,12-13H2,1-4H3/t22-/m0/s1. The SMILES string of the molecule is CCCOC(=O)C1=C(C)NC2=C(C(=O)CCC2)[C@H]1c1ccc(OCCC)c(OC)c1. The second-order valence-corrected chi connectivity index (χ2v) is 7.66. The molecule has 0 radical (unpaired) electrons. The van der Waals surface area contributed by atoms with Gasteiger partial charge in [-0.3, -0.25) is 4.79 Å². The van der Waals surface area contributed by atoms with E-state index in [0.29, 0.717) is 42.3 Å². The second-order valence-electron chi connectivity index (χ2n) is 7.66. The topological polar surface area (TPSA) is 73.9 Å². The number of carbonyl (C=O) groups excluding carboxylic acids is 2. The largest absolute Gasteiger partial charge is 0.493 e. The first-order valence-corrected chi connectivity index (χ1v) is 10.7. The van der Waals surface area contributed by atoms with Crippen molar-refractivity contribution in [2.75, 3.05) is 20.3 Å². The molecule has 1 aliphatic heterocycles. The monoisotopic (exact) mass is 413 g/mol. The molecule has 0 aromatic heterocycles. The highest BCUT2D eigenvalue weighted by molar-refractivity contribution is 6.03. The lowest BCUT2D eigenvalue weighted by atomic mass is 9.75. The predicted molar refractivity (Wildman–Crippen MR) is 114 cm³/mol. The normalized spacial score (nSPS) is 18.7. The third-order valence-corrected chi connectivity index (χ3v) is 5.42. The molecule has 0 unspecified atom stereocenters. The maximum atomic E-state index is 13.0. The van der Waals surface area contributed by atoms with Gasteiger partial charge in [0.2, 0.25) is 0 Å². The molecule has 6 nitrogen and oxygen atoms in total. The van der Waals surface area contributed by atoms with Crippen LogP contribution in [0.15, 0.2) is 40.7 Å². The van der Waals surface area contributed by atoms with E-state index in [1.165, 1.54) is 0 Å². The molecular formula is C24H31NO5. The lowest BCUT2D eigenvalue weighted by Gasteiger charge is -2.34. The van der Waals surface area contributed by atoms with Gasteiger partial charge in [-0.05, 0) is 50.3 Å². The van der Waals surface area contributed by atoms with Crippen molar-refractivity contribution < 1.29 is 23.8 Å². The summed E-state index contributed by atoms with van der Waals surface area (Å²) in [6.45, 7) is 6.80. The van der Waals surface area contributed by atoms with Crippen molar-refractivity contribution >= 4 is 11.8 Å². The Labute approximate surface area is 178 Å². The zero-order valence-electron chi connectivity index (χ0n) is 18.3. The number of hydrogen-bond acceptors (Lipinski definition) is 6. The number of Topliss-reactive ketones (excluding diaryl/α,β-unsaturated/α-hetero) is 1. The first-order chi connectivity index (χ1) is 14.5. The molecule has 0 amide bonds. The van der Waals surface area contributed by atoms with Crippen LogP contribution in [0.3, 0.4) is 0 Å². The molecule has 1 aromatic rings. The third kappa shape index (κ3) is 4.37.